The Morgan fingerprint density at radius 2 is 1.73 bits per heavy atom. The second-order valence-corrected chi connectivity index (χ2v) is 6.01. The lowest BCUT2D eigenvalue weighted by Gasteiger charge is -2.18. The molecule has 0 atom stereocenters. The maximum Gasteiger partial charge on any atom is 0.255 e. The number of nitrogens with zero attached hydrogens (tertiary/aromatic N) is 1. The maximum absolute atomic E-state index is 12.5. The number of carbonyl (C=O) groups excluding carboxylic acids is 2. The molecule has 0 unspecified atom stereocenters. The second-order valence-electron chi connectivity index (χ2n) is 6.01. The summed E-state index contributed by atoms with van der Waals surface area (Å²) >= 11 is 0. The van der Waals surface area contributed by atoms with E-state index in [-0.39, 0.29) is 11.8 Å². The van der Waals surface area contributed by atoms with Crippen LogP contribution in [0.3, 0.4) is 0 Å². The Morgan fingerprint density at radius 1 is 1.04 bits per heavy atom. The van der Waals surface area contributed by atoms with Crippen molar-refractivity contribution in [2.24, 2.45) is 5.73 Å². The van der Waals surface area contributed by atoms with E-state index in [1.54, 1.807) is 36.4 Å². The number of carbonyl (C=O) groups is 2. The van der Waals surface area contributed by atoms with Gasteiger partial charge in [-0.05, 0) is 42.8 Å². The number of hydrogen-bond acceptors (Lipinski definition) is 4. The quantitative estimate of drug-likeness (QED) is 0.680. The van der Waals surface area contributed by atoms with E-state index < -0.39 is 0 Å². The molecule has 0 bridgehead atoms. The fraction of sp³-hybridized carbons (Fsp3) is 0.300. The highest BCUT2D eigenvalue weighted by Gasteiger charge is 2.14. The minimum Gasteiger partial charge on any atom is -0.375 e. The van der Waals surface area contributed by atoms with Crippen molar-refractivity contribution in [2.45, 2.75) is 13.3 Å². The smallest absolute Gasteiger partial charge is 0.255 e. The van der Waals surface area contributed by atoms with Crippen LogP contribution >= 0.6 is 0 Å². The van der Waals surface area contributed by atoms with Crippen molar-refractivity contribution in [3.05, 3.63) is 59.7 Å². The van der Waals surface area contributed by atoms with E-state index >= 15 is 0 Å². The average Bonchev–Trinajstić information content (AvgIpc) is 2.66. The van der Waals surface area contributed by atoms with Crippen molar-refractivity contribution in [1.82, 2.24) is 5.32 Å². The lowest BCUT2D eigenvalue weighted by Crippen LogP contribution is -2.30. The SMILES string of the molecule is CCCN(C)c1ccc(C(=O)Nc2ccccc2C(=O)NCCN)cc1. The Morgan fingerprint density at radius 3 is 2.38 bits per heavy atom. The topological polar surface area (TPSA) is 87.5 Å². The minimum absolute atomic E-state index is 0.256. The third kappa shape index (κ3) is 5.07. The summed E-state index contributed by atoms with van der Waals surface area (Å²) in [6.07, 6.45) is 1.06. The Balaban J connectivity index is 2.11. The van der Waals surface area contributed by atoms with Gasteiger partial charge in [0, 0.05) is 37.9 Å². The van der Waals surface area contributed by atoms with Crippen LogP contribution in [0, 0.1) is 0 Å². The summed E-state index contributed by atoms with van der Waals surface area (Å²) in [5.41, 5.74) is 7.89. The summed E-state index contributed by atoms with van der Waals surface area (Å²) < 4.78 is 0. The van der Waals surface area contributed by atoms with Crippen LogP contribution in [0.25, 0.3) is 0 Å². The van der Waals surface area contributed by atoms with Gasteiger partial charge < -0.3 is 21.3 Å². The van der Waals surface area contributed by atoms with Crippen LogP contribution in [0.2, 0.25) is 0 Å². The summed E-state index contributed by atoms with van der Waals surface area (Å²) in [5.74, 6) is -0.517. The van der Waals surface area contributed by atoms with Gasteiger partial charge in [0.1, 0.15) is 0 Å². The van der Waals surface area contributed by atoms with Crippen LogP contribution in [-0.4, -0.2) is 38.5 Å². The third-order valence-electron chi connectivity index (χ3n) is 3.98. The fourth-order valence-electron chi connectivity index (χ4n) is 2.60. The van der Waals surface area contributed by atoms with E-state index in [4.69, 9.17) is 5.73 Å². The van der Waals surface area contributed by atoms with Gasteiger partial charge in [-0.2, -0.15) is 0 Å². The molecule has 138 valence electrons. The normalized spacial score (nSPS) is 10.3. The summed E-state index contributed by atoms with van der Waals surface area (Å²) in [4.78, 5) is 26.9. The standard InChI is InChI=1S/C20H26N4O2/c1-3-14-24(2)16-10-8-15(9-11-16)19(25)23-18-7-5-4-6-17(18)20(26)22-13-12-21/h4-11H,3,12-14,21H2,1-2H3,(H,22,26)(H,23,25). The van der Waals surface area contributed by atoms with Gasteiger partial charge in [-0.3, -0.25) is 9.59 Å². The largest absolute Gasteiger partial charge is 0.375 e. The van der Waals surface area contributed by atoms with Gasteiger partial charge >= 0.3 is 0 Å². The zero-order valence-corrected chi connectivity index (χ0v) is 15.3. The molecular weight excluding hydrogens is 328 g/mol. The number of anilines is 2. The first-order valence-electron chi connectivity index (χ1n) is 8.76. The van der Waals surface area contributed by atoms with Gasteiger partial charge in [0.2, 0.25) is 0 Å². The van der Waals surface area contributed by atoms with Gasteiger partial charge in [-0.1, -0.05) is 19.1 Å². The van der Waals surface area contributed by atoms with E-state index in [1.807, 2.05) is 19.2 Å². The molecule has 2 rings (SSSR count). The van der Waals surface area contributed by atoms with Crippen molar-refractivity contribution in [3.8, 4) is 0 Å². The molecule has 4 N–H and O–H groups in total. The van der Waals surface area contributed by atoms with Gasteiger partial charge in [0.15, 0.2) is 0 Å². The van der Waals surface area contributed by atoms with E-state index in [2.05, 4.69) is 22.5 Å². The van der Waals surface area contributed by atoms with Gasteiger partial charge in [-0.15, -0.1) is 0 Å². The Labute approximate surface area is 154 Å². The van der Waals surface area contributed by atoms with Crippen LogP contribution < -0.4 is 21.3 Å². The zero-order valence-electron chi connectivity index (χ0n) is 15.3. The van der Waals surface area contributed by atoms with Crippen LogP contribution in [0.4, 0.5) is 11.4 Å². The van der Waals surface area contributed by atoms with Gasteiger partial charge in [0.05, 0.1) is 11.3 Å². The first-order valence-corrected chi connectivity index (χ1v) is 8.76. The first-order chi connectivity index (χ1) is 12.6. The van der Waals surface area contributed by atoms with E-state index in [1.165, 1.54) is 0 Å². The molecule has 0 aliphatic carbocycles. The number of benzene rings is 2. The summed E-state index contributed by atoms with van der Waals surface area (Å²) in [6, 6.07) is 14.3. The molecular formula is C20H26N4O2. The summed E-state index contributed by atoms with van der Waals surface area (Å²) in [7, 11) is 2.02. The lowest BCUT2D eigenvalue weighted by atomic mass is 10.1. The second kappa shape index (κ2) is 9.58. The molecule has 0 aliphatic rings. The molecule has 6 heteroatoms. The predicted octanol–water partition coefficient (Wildman–Crippen LogP) is 2.47. The third-order valence-corrected chi connectivity index (χ3v) is 3.98. The van der Waals surface area contributed by atoms with Crippen LogP contribution in [0.1, 0.15) is 34.1 Å². The minimum atomic E-state index is -0.261. The van der Waals surface area contributed by atoms with Crippen molar-refractivity contribution in [1.29, 1.82) is 0 Å². The monoisotopic (exact) mass is 354 g/mol. The predicted molar refractivity (Wildman–Crippen MR) is 106 cm³/mol. The Kier molecular flexibility index (Phi) is 7.17. The molecule has 0 saturated carbocycles. The van der Waals surface area contributed by atoms with Crippen molar-refractivity contribution in [2.75, 3.05) is 36.9 Å². The molecule has 2 amide bonds. The van der Waals surface area contributed by atoms with Crippen molar-refractivity contribution in [3.63, 3.8) is 0 Å². The highest BCUT2D eigenvalue weighted by atomic mass is 16.2. The molecule has 0 radical (unpaired) electrons. The molecule has 0 saturated heterocycles. The van der Waals surface area contributed by atoms with E-state index in [9.17, 15) is 9.59 Å². The molecule has 6 nitrogen and oxygen atoms in total. The molecule has 2 aromatic rings. The van der Waals surface area contributed by atoms with Crippen LogP contribution in [0.15, 0.2) is 48.5 Å². The summed E-state index contributed by atoms with van der Waals surface area (Å²) in [6.45, 7) is 3.82. The maximum atomic E-state index is 12.5. The van der Waals surface area contributed by atoms with Crippen LogP contribution in [-0.2, 0) is 0 Å². The van der Waals surface area contributed by atoms with Gasteiger partial charge in [-0.25, -0.2) is 0 Å². The number of nitrogens with two attached hydrogens (primary N) is 1. The first kappa shape index (κ1) is 19.5. The summed E-state index contributed by atoms with van der Waals surface area (Å²) in [5, 5.41) is 5.53. The van der Waals surface area contributed by atoms with E-state index in [0.29, 0.717) is 29.9 Å². The molecule has 0 heterocycles. The Hall–Kier alpha value is -2.86. The highest BCUT2D eigenvalue weighted by Crippen LogP contribution is 2.18. The van der Waals surface area contributed by atoms with Gasteiger partial charge in [0.25, 0.3) is 11.8 Å². The highest BCUT2D eigenvalue weighted by molar-refractivity contribution is 6.09. The van der Waals surface area contributed by atoms with Crippen LogP contribution in [0.5, 0.6) is 0 Å². The zero-order chi connectivity index (χ0) is 18.9. The molecule has 0 spiro atoms. The molecule has 0 fully saturated rings. The molecule has 0 aromatic heterocycles. The van der Waals surface area contributed by atoms with E-state index in [0.717, 1.165) is 18.7 Å². The number of amides is 2. The molecule has 0 aliphatic heterocycles. The lowest BCUT2D eigenvalue weighted by molar-refractivity contribution is 0.0955. The number of hydrogen-bond donors (Lipinski definition) is 3. The number of nitrogens with one attached hydrogen (secondary N) is 2. The average molecular weight is 354 g/mol. The number of para-hydroxylation sites is 1. The fourth-order valence-corrected chi connectivity index (χ4v) is 2.60. The Bertz CT molecular complexity index is 744. The molecule has 26 heavy (non-hydrogen) atoms. The molecule has 2 aromatic carbocycles. The number of rotatable bonds is 8. The van der Waals surface area contributed by atoms with Crippen molar-refractivity contribution < 1.29 is 9.59 Å². The van der Waals surface area contributed by atoms with Crippen molar-refractivity contribution >= 4 is 23.2 Å².